The predicted octanol–water partition coefficient (Wildman–Crippen LogP) is 4.15. The van der Waals surface area contributed by atoms with Gasteiger partial charge in [-0.1, -0.05) is 23.7 Å². The first kappa shape index (κ1) is 25.9. The number of benzene rings is 1. The quantitative estimate of drug-likeness (QED) is 0.317. The minimum absolute atomic E-state index is 0. The zero-order valence-corrected chi connectivity index (χ0v) is 22.3. The molecule has 1 aromatic carbocycles. The Labute approximate surface area is 208 Å². The maximum Gasteiger partial charge on any atom is 0.191 e. The molecule has 1 unspecified atom stereocenters. The molecule has 6 nitrogen and oxygen atoms in total. The summed E-state index contributed by atoms with van der Waals surface area (Å²) in [7, 11) is 3.81. The van der Waals surface area contributed by atoms with E-state index in [-0.39, 0.29) is 35.4 Å². The molecule has 0 amide bonds. The Morgan fingerprint density at radius 1 is 1.32 bits per heavy atom. The zero-order chi connectivity index (χ0) is 21.7. The van der Waals surface area contributed by atoms with Crippen LogP contribution in [-0.2, 0) is 23.6 Å². The summed E-state index contributed by atoms with van der Waals surface area (Å²) >= 11 is 6.29. The molecule has 3 rings (SSSR count). The van der Waals surface area contributed by atoms with Crippen LogP contribution in [0.2, 0.25) is 5.02 Å². The fourth-order valence-corrected chi connectivity index (χ4v) is 4.49. The van der Waals surface area contributed by atoms with Crippen LogP contribution < -0.4 is 10.6 Å². The van der Waals surface area contributed by atoms with Gasteiger partial charge in [0.25, 0.3) is 0 Å². The molecule has 2 aromatic rings. The van der Waals surface area contributed by atoms with Gasteiger partial charge in [0.2, 0.25) is 0 Å². The van der Waals surface area contributed by atoms with Gasteiger partial charge >= 0.3 is 0 Å². The topological polar surface area (TPSA) is 63.5 Å². The Morgan fingerprint density at radius 3 is 2.61 bits per heavy atom. The van der Waals surface area contributed by atoms with Crippen molar-refractivity contribution < 1.29 is 4.74 Å². The second-order valence-electron chi connectivity index (χ2n) is 8.35. The predicted molar refractivity (Wildman–Crippen MR) is 139 cm³/mol. The lowest BCUT2D eigenvalue weighted by atomic mass is 9.74. The number of nitrogens with one attached hydrogen (secondary N) is 2. The third-order valence-corrected chi connectivity index (χ3v) is 6.49. The summed E-state index contributed by atoms with van der Waals surface area (Å²) in [5.74, 6) is 0.814. The van der Waals surface area contributed by atoms with Crippen LogP contribution in [0.4, 0.5) is 0 Å². The molecule has 1 aromatic heterocycles. The molecule has 31 heavy (non-hydrogen) atoms. The second-order valence-corrected chi connectivity index (χ2v) is 8.79. The molecule has 2 heterocycles. The molecular formula is C23H35ClIN5O. The maximum atomic E-state index is 6.29. The van der Waals surface area contributed by atoms with Crippen molar-refractivity contribution in [2.45, 2.75) is 51.5 Å². The van der Waals surface area contributed by atoms with Crippen LogP contribution in [0.5, 0.6) is 0 Å². The van der Waals surface area contributed by atoms with E-state index in [0.29, 0.717) is 0 Å². The molecule has 2 N–H and O–H groups in total. The lowest BCUT2D eigenvalue weighted by molar-refractivity contribution is 0.0513. The van der Waals surface area contributed by atoms with Gasteiger partial charge in [-0.15, -0.1) is 24.0 Å². The summed E-state index contributed by atoms with van der Waals surface area (Å²) in [6, 6.07) is 8.45. The molecule has 1 aliphatic rings. The van der Waals surface area contributed by atoms with Crippen LogP contribution in [0.15, 0.2) is 29.3 Å². The van der Waals surface area contributed by atoms with Crippen LogP contribution in [0, 0.1) is 13.8 Å². The largest absolute Gasteiger partial charge is 0.381 e. The van der Waals surface area contributed by atoms with E-state index in [1.165, 1.54) is 16.8 Å². The van der Waals surface area contributed by atoms with Gasteiger partial charge < -0.3 is 15.4 Å². The molecule has 1 fully saturated rings. The van der Waals surface area contributed by atoms with Crippen molar-refractivity contribution in [1.82, 2.24) is 20.4 Å². The lowest BCUT2D eigenvalue weighted by Crippen LogP contribution is -2.50. The number of ether oxygens (including phenoxy) is 1. The van der Waals surface area contributed by atoms with Crippen LogP contribution in [0.25, 0.3) is 0 Å². The summed E-state index contributed by atoms with van der Waals surface area (Å²) < 4.78 is 7.60. The van der Waals surface area contributed by atoms with E-state index in [2.05, 4.69) is 53.6 Å². The standard InChI is InChI=1S/C23H34ClN5O.HI/c1-16(13-21-17(2)28-29(5)18(21)3)27-22(25-4)26-15-23(9-11-30-12-10-23)19-7-6-8-20(24)14-19;/h6-8,14,16H,9-13,15H2,1-5H3,(H2,25,26,27);1H. The van der Waals surface area contributed by atoms with Gasteiger partial charge in [-0.3, -0.25) is 9.67 Å². The van der Waals surface area contributed by atoms with Crippen molar-refractivity contribution in [3.05, 3.63) is 51.8 Å². The molecule has 1 aliphatic heterocycles. The van der Waals surface area contributed by atoms with Crippen molar-refractivity contribution in [2.24, 2.45) is 12.0 Å². The average Bonchev–Trinajstić information content (AvgIpc) is 2.97. The number of nitrogens with zero attached hydrogens (tertiary/aromatic N) is 3. The highest BCUT2D eigenvalue weighted by atomic mass is 127. The Bertz CT molecular complexity index is 892. The van der Waals surface area contributed by atoms with Crippen molar-refractivity contribution in [3.8, 4) is 0 Å². The van der Waals surface area contributed by atoms with Crippen LogP contribution >= 0.6 is 35.6 Å². The number of hydrogen-bond donors (Lipinski definition) is 2. The first-order valence-corrected chi connectivity index (χ1v) is 11.0. The van der Waals surface area contributed by atoms with E-state index in [0.717, 1.165) is 55.7 Å². The molecule has 0 radical (unpaired) electrons. The molecular weight excluding hydrogens is 525 g/mol. The number of guanidine groups is 1. The molecule has 172 valence electrons. The smallest absolute Gasteiger partial charge is 0.191 e. The minimum atomic E-state index is -0.0134. The molecule has 0 bridgehead atoms. The lowest BCUT2D eigenvalue weighted by Gasteiger charge is -2.38. The highest BCUT2D eigenvalue weighted by Crippen LogP contribution is 2.35. The highest BCUT2D eigenvalue weighted by Gasteiger charge is 2.35. The third kappa shape index (κ3) is 6.35. The molecule has 1 saturated heterocycles. The Kier molecular flexibility index (Phi) is 9.64. The summed E-state index contributed by atoms with van der Waals surface area (Å²) in [5, 5.41) is 12.4. The van der Waals surface area contributed by atoms with E-state index < -0.39 is 0 Å². The summed E-state index contributed by atoms with van der Waals surface area (Å²) in [6.07, 6.45) is 2.82. The van der Waals surface area contributed by atoms with Gasteiger partial charge in [-0.05, 0) is 63.3 Å². The van der Waals surface area contributed by atoms with Crippen molar-refractivity contribution in [1.29, 1.82) is 0 Å². The molecule has 1 atom stereocenters. The van der Waals surface area contributed by atoms with Gasteiger partial charge in [0.1, 0.15) is 0 Å². The van der Waals surface area contributed by atoms with E-state index in [9.17, 15) is 0 Å². The van der Waals surface area contributed by atoms with E-state index in [4.69, 9.17) is 16.3 Å². The number of halogens is 2. The maximum absolute atomic E-state index is 6.29. The third-order valence-electron chi connectivity index (χ3n) is 6.26. The monoisotopic (exact) mass is 559 g/mol. The number of rotatable bonds is 6. The van der Waals surface area contributed by atoms with Crippen LogP contribution in [0.1, 0.15) is 42.3 Å². The van der Waals surface area contributed by atoms with Crippen LogP contribution in [-0.4, -0.2) is 48.6 Å². The average molecular weight is 560 g/mol. The fraction of sp³-hybridized carbons (Fsp3) is 0.565. The Hall–Kier alpha value is -1.32. The van der Waals surface area contributed by atoms with Crippen molar-refractivity contribution in [3.63, 3.8) is 0 Å². The van der Waals surface area contributed by atoms with Crippen LogP contribution in [0.3, 0.4) is 0 Å². The summed E-state index contributed by atoms with van der Waals surface area (Å²) in [4.78, 5) is 4.46. The molecule has 0 aliphatic carbocycles. The molecule has 0 spiro atoms. The normalized spacial score (nSPS) is 17.0. The zero-order valence-electron chi connectivity index (χ0n) is 19.2. The number of aryl methyl sites for hydroxylation is 2. The van der Waals surface area contributed by atoms with Gasteiger partial charge in [0.05, 0.1) is 5.69 Å². The Balaban J connectivity index is 0.00000341. The second kappa shape index (κ2) is 11.5. The SMILES string of the molecule is CN=C(NCC1(c2cccc(Cl)c2)CCOCC1)NC(C)Cc1c(C)nn(C)c1C.I. The number of aromatic nitrogens is 2. The van der Waals surface area contributed by atoms with E-state index in [1.807, 2.05) is 30.9 Å². The van der Waals surface area contributed by atoms with Gasteiger partial charge in [-0.25, -0.2) is 0 Å². The van der Waals surface area contributed by atoms with E-state index in [1.54, 1.807) is 0 Å². The summed E-state index contributed by atoms with van der Waals surface area (Å²) in [5.41, 5.74) is 4.85. The minimum Gasteiger partial charge on any atom is -0.381 e. The number of aliphatic imine (C=N–C) groups is 1. The highest BCUT2D eigenvalue weighted by molar-refractivity contribution is 14.0. The Morgan fingerprint density at radius 2 is 2.03 bits per heavy atom. The first-order valence-electron chi connectivity index (χ1n) is 10.6. The van der Waals surface area contributed by atoms with E-state index >= 15 is 0 Å². The van der Waals surface area contributed by atoms with Crippen molar-refractivity contribution in [2.75, 3.05) is 26.8 Å². The molecule has 0 saturated carbocycles. The fourth-order valence-electron chi connectivity index (χ4n) is 4.30. The van der Waals surface area contributed by atoms with Gasteiger partial charge in [0.15, 0.2) is 5.96 Å². The summed E-state index contributed by atoms with van der Waals surface area (Å²) in [6.45, 7) is 8.68. The number of hydrogen-bond acceptors (Lipinski definition) is 3. The van der Waals surface area contributed by atoms with Crippen molar-refractivity contribution >= 4 is 41.5 Å². The van der Waals surface area contributed by atoms with Gasteiger partial charge in [-0.2, -0.15) is 5.10 Å². The first-order chi connectivity index (χ1) is 14.3. The molecule has 8 heteroatoms. The van der Waals surface area contributed by atoms with Gasteiger partial charge in [0, 0.05) is 56.0 Å².